The van der Waals surface area contributed by atoms with E-state index in [4.69, 9.17) is 9.73 Å². The van der Waals surface area contributed by atoms with Crippen molar-refractivity contribution in [3.05, 3.63) is 77.1 Å². The maximum absolute atomic E-state index is 13.8. The van der Waals surface area contributed by atoms with Crippen molar-refractivity contribution in [3.63, 3.8) is 0 Å². The summed E-state index contributed by atoms with van der Waals surface area (Å²) in [7, 11) is 3.59. The first-order valence-corrected chi connectivity index (χ1v) is 10.8. The Balaban J connectivity index is 0.00000306. The van der Waals surface area contributed by atoms with E-state index in [1.807, 2.05) is 48.9 Å². The quantitative estimate of drug-likeness (QED) is 0.247. The van der Waals surface area contributed by atoms with Crippen LogP contribution in [0.1, 0.15) is 35.6 Å². The number of aromatic nitrogens is 3. The van der Waals surface area contributed by atoms with Crippen molar-refractivity contribution in [2.75, 3.05) is 13.7 Å². The van der Waals surface area contributed by atoms with Crippen LogP contribution in [0.15, 0.2) is 53.5 Å². The molecule has 33 heavy (non-hydrogen) atoms. The lowest BCUT2D eigenvalue weighted by Crippen LogP contribution is -2.41. The molecule has 3 aromatic rings. The van der Waals surface area contributed by atoms with Gasteiger partial charge in [0, 0.05) is 19.0 Å². The van der Waals surface area contributed by atoms with Crippen LogP contribution in [0.4, 0.5) is 4.39 Å². The van der Waals surface area contributed by atoms with Crippen LogP contribution in [-0.2, 0) is 25.6 Å². The van der Waals surface area contributed by atoms with Crippen LogP contribution in [-0.4, -0.2) is 34.4 Å². The Morgan fingerprint density at radius 1 is 1.15 bits per heavy atom. The van der Waals surface area contributed by atoms with Crippen LogP contribution >= 0.6 is 24.0 Å². The largest absolute Gasteiger partial charge is 0.497 e. The topological polar surface area (TPSA) is 76.4 Å². The first kappa shape index (κ1) is 24.9. The first-order chi connectivity index (χ1) is 15.5. The summed E-state index contributed by atoms with van der Waals surface area (Å²) in [5.41, 5.74) is 2.06. The van der Waals surface area contributed by atoms with Crippen LogP contribution in [0.2, 0.25) is 0 Å². The van der Waals surface area contributed by atoms with Crippen LogP contribution < -0.4 is 15.4 Å². The average Bonchev–Trinajstić information content (AvgIpc) is 3.54. The standard InChI is InChI=1S/C24H29FN6O.HI/c1-17-29-30-22(31(17)2)15-27-23(26-14-18-7-9-21(32-3)10-8-18)28-16-24(11-12-24)19-5-4-6-20(25)13-19;/h4-10,13H,11-12,14-16H2,1-3H3,(H2,26,27,28);1H. The van der Waals surface area contributed by atoms with E-state index >= 15 is 0 Å². The highest BCUT2D eigenvalue weighted by Gasteiger charge is 2.44. The molecule has 1 aromatic heterocycles. The number of hydrogen-bond donors (Lipinski definition) is 2. The van der Waals surface area contributed by atoms with Crippen molar-refractivity contribution in [2.45, 2.75) is 38.3 Å². The highest BCUT2D eigenvalue weighted by atomic mass is 127. The van der Waals surface area contributed by atoms with Crippen LogP contribution in [0.3, 0.4) is 0 Å². The van der Waals surface area contributed by atoms with Gasteiger partial charge in [-0.05, 0) is 55.2 Å². The molecular formula is C24H30FIN6O. The number of aryl methyl sites for hydroxylation is 1. The van der Waals surface area contributed by atoms with Gasteiger partial charge in [0.25, 0.3) is 0 Å². The van der Waals surface area contributed by atoms with Gasteiger partial charge in [-0.3, -0.25) is 0 Å². The summed E-state index contributed by atoms with van der Waals surface area (Å²) in [6.07, 6.45) is 2.05. The maximum atomic E-state index is 13.8. The molecule has 2 N–H and O–H groups in total. The number of rotatable bonds is 8. The van der Waals surface area contributed by atoms with E-state index in [1.165, 1.54) is 6.07 Å². The van der Waals surface area contributed by atoms with Gasteiger partial charge in [0.2, 0.25) is 0 Å². The number of guanidine groups is 1. The second-order valence-corrected chi connectivity index (χ2v) is 8.23. The minimum Gasteiger partial charge on any atom is -0.497 e. The molecule has 0 amide bonds. The third-order valence-corrected chi connectivity index (χ3v) is 6.06. The van der Waals surface area contributed by atoms with Crippen molar-refractivity contribution in [2.24, 2.45) is 12.0 Å². The Morgan fingerprint density at radius 2 is 1.91 bits per heavy atom. The van der Waals surface area contributed by atoms with Gasteiger partial charge in [0.1, 0.15) is 17.4 Å². The van der Waals surface area contributed by atoms with Crippen molar-refractivity contribution >= 4 is 29.9 Å². The fraction of sp³-hybridized carbons (Fsp3) is 0.375. The molecule has 1 saturated carbocycles. The summed E-state index contributed by atoms with van der Waals surface area (Å²) in [6.45, 7) is 3.62. The van der Waals surface area contributed by atoms with Crippen LogP contribution in [0.5, 0.6) is 5.75 Å². The molecule has 0 aliphatic heterocycles. The Morgan fingerprint density at radius 3 is 2.52 bits per heavy atom. The molecule has 0 bridgehead atoms. The fourth-order valence-corrected chi connectivity index (χ4v) is 3.63. The van der Waals surface area contributed by atoms with E-state index in [0.717, 1.165) is 41.4 Å². The molecule has 0 saturated heterocycles. The smallest absolute Gasteiger partial charge is 0.192 e. The van der Waals surface area contributed by atoms with Gasteiger partial charge in [0.15, 0.2) is 11.8 Å². The van der Waals surface area contributed by atoms with Gasteiger partial charge in [-0.2, -0.15) is 0 Å². The van der Waals surface area contributed by atoms with Gasteiger partial charge >= 0.3 is 0 Å². The summed E-state index contributed by atoms with van der Waals surface area (Å²) in [5.74, 6) is 2.99. The molecule has 0 atom stereocenters. The molecule has 9 heteroatoms. The molecule has 4 rings (SSSR count). The van der Waals surface area contributed by atoms with Crippen molar-refractivity contribution in [3.8, 4) is 5.75 Å². The summed E-state index contributed by atoms with van der Waals surface area (Å²) in [6, 6.07) is 14.8. The predicted molar refractivity (Wildman–Crippen MR) is 137 cm³/mol. The van der Waals surface area contributed by atoms with Gasteiger partial charge in [0.05, 0.1) is 20.2 Å². The SMILES string of the molecule is COc1ccc(CN=C(NCc2nnc(C)n2C)NCC2(c3cccc(F)c3)CC2)cc1.I. The fourth-order valence-electron chi connectivity index (χ4n) is 3.63. The molecular weight excluding hydrogens is 534 g/mol. The van der Waals surface area contributed by atoms with Crippen molar-refractivity contribution in [1.82, 2.24) is 25.4 Å². The normalized spacial score (nSPS) is 14.4. The Bertz CT molecular complexity index is 1090. The van der Waals surface area contributed by atoms with Crippen LogP contribution in [0.25, 0.3) is 0 Å². The van der Waals surface area contributed by atoms with E-state index < -0.39 is 0 Å². The zero-order chi connectivity index (χ0) is 22.6. The number of benzene rings is 2. The molecule has 1 fully saturated rings. The molecule has 2 aromatic carbocycles. The van der Waals surface area contributed by atoms with E-state index in [0.29, 0.717) is 25.6 Å². The predicted octanol–water partition coefficient (Wildman–Crippen LogP) is 3.86. The lowest BCUT2D eigenvalue weighted by atomic mass is 9.96. The van der Waals surface area contributed by atoms with E-state index in [1.54, 1.807) is 19.2 Å². The third-order valence-electron chi connectivity index (χ3n) is 6.06. The molecule has 0 radical (unpaired) electrons. The van der Waals surface area contributed by atoms with Gasteiger partial charge in [-0.1, -0.05) is 24.3 Å². The molecule has 1 aliphatic carbocycles. The van der Waals surface area contributed by atoms with Crippen LogP contribution in [0, 0.1) is 12.7 Å². The van der Waals surface area contributed by atoms with Gasteiger partial charge in [-0.15, -0.1) is 34.2 Å². The third kappa shape index (κ3) is 6.21. The van der Waals surface area contributed by atoms with Gasteiger partial charge in [-0.25, -0.2) is 9.38 Å². The van der Waals surface area contributed by atoms with E-state index in [2.05, 4.69) is 20.8 Å². The van der Waals surface area contributed by atoms with E-state index in [9.17, 15) is 4.39 Å². The zero-order valence-electron chi connectivity index (χ0n) is 19.1. The van der Waals surface area contributed by atoms with E-state index in [-0.39, 0.29) is 35.2 Å². The number of nitrogens with zero attached hydrogens (tertiary/aromatic N) is 4. The molecule has 1 aliphatic rings. The van der Waals surface area contributed by atoms with Crippen molar-refractivity contribution in [1.29, 1.82) is 0 Å². The highest BCUT2D eigenvalue weighted by molar-refractivity contribution is 14.0. The summed E-state index contributed by atoms with van der Waals surface area (Å²) in [4.78, 5) is 4.77. The number of aliphatic imine (C=N–C) groups is 1. The monoisotopic (exact) mass is 564 g/mol. The summed E-state index contributed by atoms with van der Waals surface area (Å²) in [5, 5.41) is 15.2. The van der Waals surface area contributed by atoms with Crippen molar-refractivity contribution < 1.29 is 9.13 Å². The Labute approximate surface area is 210 Å². The molecule has 1 heterocycles. The Kier molecular flexibility index (Phi) is 8.28. The lowest BCUT2D eigenvalue weighted by molar-refractivity contribution is 0.414. The molecule has 0 unspecified atom stereocenters. The molecule has 0 spiro atoms. The molecule has 7 nitrogen and oxygen atoms in total. The number of nitrogens with one attached hydrogen (secondary N) is 2. The zero-order valence-corrected chi connectivity index (χ0v) is 21.5. The minimum atomic E-state index is -0.196. The molecule has 176 valence electrons. The second-order valence-electron chi connectivity index (χ2n) is 8.23. The number of methoxy groups -OCH3 is 1. The second kappa shape index (κ2) is 11.0. The average molecular weight is 564 g/mol. The number of hydrogen-bond acceptors (Lipinski definition) is 4. The first-order valence-electron chi connectivity index (χ1n) is 10.8. The lowest BCUT2D eigenvalue weighted by Gasteiger charge is -2.19. The highest BCUT2D eigenvalue weighted by Crippen LogP contribution is 2.47. The summed E-state index contributed by atoms with van der Waals surface area (Å²) >= 11 is 0. The summed E-state index contributed by atoms with van der Waals surface area (Å²) < 4.78 is 20.9. The van der Waals surface area contributed by atoms with Gasteiger partial charge < -0.3 is 19.9 Å². The number of ether oxygens (including phenoxy) is 1. The Hall–Kier alpha value is -2.69. The minimum absolute atomic E-state index is 0. The number of halogens is 2. The maximum Gasteiger partial charge on any atom is 0.192 e.